The molecule has 0 saturated carbocycles. The zero-order valence-corrected chi connectivity index (χ0v) is 29.8. The fraction of sp³-hybridized carbons (Fsp3) is 0.444. The predicted molar refractivity (Wildman–Crippen MR) is 189 cm³/mol. The summed E-state index contributed by atoms with van der Waals surface area (Å²) in [5, 5.41) is 38.1. The molecule has 4 rings (SSSR count). The van der Waals surface area contributed by atoms with Crippen molar-refractivity contribution in [2.75, 3.05) is 26.2 Å². The fourth-order valence-electron chi connectivity index (χ4n) is 6.08. The van der Waals surface area contributed by atoms with Crippen LogP contribution in [0.4, 0.5) is 4.79 Å². The number of amides is 3. The third kappa shape index (κ3) is 9.79. The third-order valence-electron chi connectivity index (χ3n) is 8.93. The highest BCUT2D eigenvalue weighted by molar-refractivity contribution is 7.89. The lowest BCUT2D eigenvalue weighted by Gasteiger charge is -2.35. The minimum atomic E-state index is -4.07. The molecule has 3 aromatic rings. The highest BCUT2D eigenvalue weighted by Gasteiger charge is 2.41. The maximum absolute atomic E-state index is 14.2. The molecule has 50 heavy (non-hydrogen) atoms. The number of sulfonamides is 1. The van der Waals surface area contributed by atoms with Gasteiger partial charge in [-0.15, -0.1) is 0 Å². The summed E-state index contributed by atoms with van der Waals surface area (Å²) in [6.45, 7) is 8.45. The van der Waals surface area contributed by atoms with Crippen LogP contribution in [-0.2, 0) is 27.8 Å². The summed E-state index contributed by atoms with van der Waals surface area (Å²) in [6, 6.07) is 16.5. The Labute approximate surface area is 294 Å². The van der Waals surface area contributed by atoms with E-state index in [2.05, 4.69) is 10.5 Å². The molecule has 2 heterocycles. The molecule has 1 aliphatic rings. The molecular weight excluding hydrogens is 660 g/mol. The molecule has 0 radical (unpaired) electrons. The first-order valence-corrected chi connectivity index (χ1v) is 18.3. The average Bonchev–Trinajstić information content (AvgIpc) is 3.44. The lowest BCUT2D eigenvalue weighted by atomic mass is 9.95. The van der Waals surface area contributed by atoms with Crippen LogP contribution in [0.3, 0.4) is 0 Å². The molecule has 0 aliphatic carbocycles. The molecule has 270 valence electrons. The van der Waals surface area contributed by atoms with Gasteiger partial charge >= 0.3 is 6.03 Å². The predicted octanol–water partition coefficient (Wildman–Crippen LogP) is 3.22. The van der Waals surface area contributed by atoms with Crippen molar-refractivity contribution in [2.45, 2.75) is 70.2 Å². The van der Waals surface area contributed by atoms with E-state index in [0.29, 0.717) is 29.8 Å². The Bertz CT molecular complexity index is 1690. The molecule has 2 aromatic carbocycles. The van der Waals surface area contributed by atoms with Gasteiger partial charge in [-0.2, -0.15) is 9.04 Å². The number of pyridine rings is 1. The molecule has 1 aliphatic heterocycles. The van der Waals surface area contributed by atoms with E-state index in [1.165, 1.54) is 47.2 Å². The normalized spacial score (nSPS) is 16.3. The number of hydrogen-bond acceptors (Lipinski definition) is 8. The second-order valence-electron chi connectivity index (χ2n) is 13.2. The maximum atomic E-state index is 14.2. The third-order valence-corrected chi connectivity index (χ3v) is 10.8. The van der Waals surface area contributed by atoms with Crippen molar-refractivity contribution in [1.82, 2.24) is 19.4 Å². The first-order chi connectivity index (χ1) is 23.8. The van der Waals surface area contributed by atoms with Crippen LogP contribution in [0.5, 0.6) is 0 Å². The number of rotatable bonds is 17. The van der Waals surface area contributed by atoms with Crippen molar-refractivity contribution in [3.8, 4) is 0 Å². The van der Waals surface area contributed by atoms with E-state index >= 15 is 0 Å². The lowest BCUT2D eigenvalue weighted by Crippen LogP contribution is -2.57. The number of nitrogens with zero attached hydrogens (tertiary/aromatic N) is 5. The Morgan fingerprint density at radius 3 is 2.28 bits per heavy atom. The molecule has 0 unspecified atom stereocenters. The van der Waals surface area contributed by atoms with Gasteiger partial charge in [-0.1, -0.05) is 81.7 Å². The van der Waals surface area contributed by atoms with E-state index < -0.39 is 34.1 Å². The summed E-state index contributed by atoms with van der Waals surface area (Å²) >= 11 is 0. The number of oxime groups is 1. The molecule has 14 heteroatoms. The highest BCUT2D eigenvalue weighted by atomic mass is 32.2. The lowest BCUT2D eigenvalue weighted by molar-refractivity contribution is -0.605. The van der Waals surface area contributed by atoms with E-state index in [-0.39, 0.29) is 48.8 Å². The summed E-state index contributed by atoms with van der Waals surface area (Å²) in [7, 11) is -4.07. The van der Waals surface area contributed by atoms with Crippen LogP contribution < -0.4 is 10.0 Å². The minimum absolute atomic E-state index is 0.0146. The molecule has 0 spiro atoms. The number of carbonyl (C=O) groups is 2. The van der Waals surface area contributed by atoms with Crippen LogP contribution in [0, 0.1) is 17.0 Å². The topological polar surface area (TPSA) is 170 Å². The Morgan fingerprint density at radius 1 is 1.02 bits per heavy atom. The van der Waals surface area contributed by atoms with Crippen molar-refractivity contribution in [2.24, 2.45) is 17.0 Å². The quantitative estimate of drug-likeness (QED) is 0.0636. The van der Waals surface area contributed by atoms with Crippen LogP contribution in [0.25, 0.3) is 0 Å². The molecule has 1 saturated heterocycles. The Kier molecular flexibility index (Phi) is 13.3. The van der Waals surface area contributed by atoms with Crippen LogP contribution in [-0.4, -0.2) is 95.4 Å². The van der Waals surface area contributed by atoms with E-state index in [4.69, 9.17) is 5.21 Å². The van der Waals surface area contributed by atoms with E-state index in [0.717, 1.165) is 11.1 Å². The van der Waals surface area contributed by atoms with Crippen molar-refractivity contribution < 1.29 is 33.1 Å². The number of aliphatic hydroxyl groups excluding tert-OH is 1. The second kappa shape index (κ2) is 17.4. The minimum Gasteiger partial charge on any atom is -0.619 e. The Hall–Kier alpha value is -4.53. The van der Waals surface area contributed by atoms with Crippen molar-refractivity contribution in [3.05, 3.63) is 101 Å². The summed E-state index contributed by atoms with van der Waals surface area (Å²) in [5.74, 6) is -0.724. The van der Waals surface area contributed by atoms with Crippen molar-refractivity contribution in [3.63, 3.8) is 0 Å². The van der Waals surface area contributed by atoms with Gasteiger partial charge in [0.15, 0.2) is 12.4 Å². The standard InChI is InChI=1S/C36H48N6O7S/c1-5-27(4)34(42-20-19-39(36(42)45)24-30-15-17-40(47)18-16-30)35(44)38-32(21-28-9-7-6-8-10-28)33(43)25-41(23-26(2)3)50(48,49)31-13-11-29(12-14-31)22-37-46/h6-18,22,26-27,32-34,43,46H,5,19-21,23-25H2,1-4H3,(H,38,44)/b37-22+/t27-,32-,33+,34-/m0/s1. The van der Waals surface area contributed by atoms with Gasteiger partial charge < -0.3 is 30.6 Å². The van der Waals surface area contributed by atoms with E-state index in [1.807, 2.05) is 58.0 Å². The monoisotopic (exact) mass is 708 g/mol. The highest BCUT2D eigenvalue weighted by Crippen LogP contribution is 2.24. The van der Waals surface area contributed by atoms with E-state index in [1.54, 1.807) is 21.9 Å². The number of aliphatic hydroxyl groups is 1. The van der Waals surface area contributed by atoms with Crippen molar-refractivity contribution in [1.29, 1.82) is 0 Å². The number of carbonyl (C=O) groups excluding carboxylic acids is 2. The number of hydrogen-bond donors (Lipinski definition) is 3. The van der Waals surface area contributed by atoms with Gasteiger partial charge in [0.25, 0.3) is 0 Å². The first kappa shape index (κ1) is 38.3. The van der Waals surface area contributed by atoms with Crippen LogP contribution >= 0.6 is 0 Å². The molecule has 3 N–H and O–H groups in total. The number of benzene rings is 2. The van der Waals surface area contributed by atoms with Crippen LogP contribution in [0.15, 0.2) is 89.2 Å². The Balaban J connectivity index is 1.59. The largest absolute Gasteiger partial charge is 0.619 e. The molecule has 1 aromatic heterocycles. The summed E-state index contributed by atoms with van der Waals surface area (Å²) in [6.07, 6.45) is 3.46. The zero-order valence-electron chi connectivity index (χ0n) is 29.0. The van der Waals surface area contributed by atoms with Gasteiger partial charge in [0, 0.05) is 44.9 Å². The van der Waals surface area contributed by atoms with Gasteiger partial charge in [0.2, 0.25) is 15.9 Å². The molecule has 1 fully saturated rings. The zero-order chi connectivity index (χ0) is 36.4. The number of urea groups is 1. The first-order valence-electron chi connectivity index (χ1n) is 16.9. The second-order valence-corrected chi connectivity index (χ2v) is 15.1. The Morgan fingerprint density at radius 2 is 1.68 bits per heavy atom. The van der Waals surface area contributed by atoms with Gasteiger partial charge in [-0.3, -0.25) is 4.79 Å². The van der Waals surface area contributed by atoms with Gasteiger partial charge in [-0.05, 0) is 47.1 Å². The SMILES string of the molecule is CC[C@H](C)[C@@H](C(=O)N[C@@H](Cc1ccccc1)[C@H](O)CN(CC(C)C)S(=O)(=O)c1ccc(/C=N/O)cc1)N1CCN(Cc2cc[n+]([O-])cc2)C1=O. The molecule has 0 bridgehead atoms. The summed E-state index contributed by atoms with van der Waals surface area (Å²) in [5.41, 5.74) is 2.14. The number of aromatic nitrogens is 1. The molecule has 13 nitrogen and oxygen atoms in total. The van der Waals surface area contributed by atoms with Crippen molar-refractivity contribution >= 4 is 28.2 Å². The molecular formula is C36H48N6O7S. The smallest absolute Gasteiger partial charge is 0.321 e. The maximum Gasteiger partial charge on any atom is 0.321 e. The van der Waals surface area contributed by atoms with Crippen LogP contribution in [0.2, 0.25) is 0 Å². The molecule has 4 atom stereocenters. The fourth-order valence-corrected chi connectivity index (χ4v) is 7.70. The van der Waals surface area contributed by atoms with Gasteiger partial charge in [-0.25, -0.2) is 13.2 Å². The average molecular weight is 709 g/mol. The summed E-state index contributed by atoms with van der Waals surface area (Å²) in [4.78, 5) is 31.1. The number of nitrogens with one attached hydrogen (secondary N) is 1. The van der Waals surface area contributed by atoms with Gasteiger partial charge in [0.1, 0.15) is 6.04 Å². The van der Waals surface area contributed by atoms with Crippen LogP contribution in [0.1, 0.15) is 50.8 Å². The van der Waals surface area contributed by atoms with E-state index in [9.17, 15) is 28.3 Å². The summed E-state index contributed by atoms with van der Waals surface area (Å²) < 4.78 is 29.7. The van der Waals surface area contributed by atoms with Gasteiger partial charge in [0.05, 0.1) is 23.3 Å². The molecule has 3 amide bonds.